The minimum atomic E-state index is -0.149. The highest BCUT2D eigenvalue weighted by molar-refractivity contribution is 7.99. The summed E-state index contributed by atoms with van der Waals surface area (Å²) >= 11 is 7.38. The Labute approximate surface area is 154 Å². The van der Waals surface area contributed by atoms with E-state index in [-0.39, 0.29) is 11.7 Å². The third-order valence-corrected chi connectivity index (χ3v) is 4.68. The number of furan rings is 1. The molecular formula is C17H17ClN4O2S. The number of aromatic nitrogens is 3. The molecule has 0 saturated carbocycles. The van der Waals surface area contributed by atoms with Crippen LogP contribution in [0, 0.1) is 0 Å². The Hall–Kier alpha value is -2.25. The molecule has 2 heterocycles. The summed E-state index contributed by atoms with van der Waals surface area (Å²) in [5.74, 6) is 1.39. The van der Waals surface area contributed by atoms with Crippen molar-refractivity contribution in [3.8, 4) is 11.6 Å². The maximum atomic E-state index is 12.2. The first kappa shape index (κ1) is 17.6. The van der Waals surface area contributed by atoms with Crippen molar-refractivity contribution >= 4 is 35.0 Å². The van der Waals surface area contributed by atoms with Gasteiger partial charge in [-0.05, 0) is 30.7 Å². The predicted molar refractivity (Wildman–Crippen MR) is 98.8 cm³/mol. The van der Waals surface area contributed by atoms with Crippen molar-refractivity contribution < 1.29 is 9.21 Å². The lowest BCUT2D eigenvalue weighted by Gasteiger charge is -2.08. The fourth-order valence-corrected chi connectivity index (χ4v) is 3.24. The second kappa shape index (κ2) is 8.22. The molecule has 8 heteroatoms. The summed E-state index contributed by atoms with van der Waals surface area (Å²) in [5, 5.41) is 12.4. The summed E-state index contributed by atoms with van der Waals surface area (Å²) in [6, 6.07) is 10.8. The Bertz CT molecular complexity index is 848. The molecule has 0 aliphatic carbocycles. The zero-order valence-corrected chi connectivity index (χ0v) is 15.2. The molecule has 2 aromatic heterocycles. The average Bonchev–Trinajstić information content (AvgIpc) is 3.25. The molecule has 130 valence electrons. The Morgan fingerprint density at radius 1 is 1.28 bits per heavy atom. The van der Waals surface area contributed by atoms with Crippen LogP contribution in [0.3, 0.4) is 0 Å². The molecule has 1 N–H and O–H groups in total. The van der Waals surface area contributed by atoms with Gasteiger partial charge in [-0.15, -0.1) is 10.2 Å². The summed E-state index contributed by atoms with van der Waals surface area (Å²) in [6.07, 6.45) is 2.52. The second-order valence-electron chi connectivity index (χ2n) is 5.25. The first-order chi connectivity index (χ1) is 12.2. The number of thioether (sulfide) groups is 1. The van der Waals surface area contributed by atoms with E-state index in [9.17, 15) is 4.79 Å². The minimum Gasteiger partial charge on any atom is -0.461 e. The molecule has 0 spiro atoms. The van der Waals surface area contributed by atoms with Crippen molar-refractivity contribution in [2.24, 2.45) is 0 Å². The van der Waals surface area contributed by atoms with Crippen LogP contribution < -0.4 is 5.32 Å². The smallest absolute Gasteiger partial charge is 0.234 e. The van der Waals surface area contributed by atoms with Gasteiger partial charge in [0.15, 0.2) is 16.7 Å². The van der Waals surface area contributed by atoms with Gasteiger partial charge >= 0.3 is 0 Å². The summed E-state index contributed by atoms with van der Waals surface area (Å²) in [6.45, 7) is 2.82. The Balaban J connectivity index is 1.68. The van der Waals surface area contributed by atoms with E-state index in [1.54, 1.807) is 18.4 Å². The van der Waals surface area contributed by atoms with Gasteiger partial charge in [-0.1, -0.05) is 42.4 Å². The normalized spacial score (nSPS) is 10.8. The molecule has 0 saturated heterocycles. The summed E-state index contributed by atoms with van der Waals surface area (Å²) in [4.78, 5) is 12.2. The maximum Gasteiger partial charge on any atom is 0.234 e. The third kappa shape index (κ3) is 4.24. The van der Waals surface area contributed by atoms with Crippen LogP contribution in [0.4, 0.5) is 5.69 Å². The third-order valence-electron chi connectivity index (χ3n) is 3.39. The number of amides is 1. The van der Waals surface area contributed by atoms with E-state index in [1.165, 1.54) is 11.8 Å². The zero-order chi connectivity index (χ0) is 17.6. The number of hydrogen-bond donors (Lipinski definition) is 1. The molecule has 0 radical (unpaired) electrons. The van der Waals surface area contributed by atoms with Crippen molar-refractivity contribution in [2.45, 2.75) is 25.0 Å². The molecular weight excluding hydrogens is 360 g/mol. The van der Waals surface area contributed by atoms with Gasteiger partial charge in [0.25, 0.3) is 0 Å². The lowest BCUT2D eigenvalue weighted by Crippen LogP contribution is -2.15. The van der Waals surface area contributed by atoms with E-state index >= 15 is 0 Å². The van der Waals surface area contributed by atoms with E-state index < -0.39 is 0 Å². The molecule has 25 heavy (non-hydrogen) atoms. The maximum absolute atomic E-state index is 12.2. The number of carbonyl (C=O) groups excluding carboxylic acids is 1. The van der Waals surface area contributed by atoms with Crippen LogP contribution in [-0.4, -0.2) is 26.4 Å². The zero-order valence-electron chi connectivity index (χ0n) is 13.6. The fraction of sp³-hybridized carbons (Fsp3) is 0.235. The standard InChI is InChI=1S/C17H17ClN4O2S/c1-2-9-22-16(14-8-5-10-24-14)20-21-17(22)25-11-15(23)19-13-7-4-3-6-12(13)18/h3-8,10H,2,9,11H2,1H3,(H,19,23). The van der Waals surface area contributed by atoms with Crippen LogP contribution in [0.2, 0.25) is 5.02 Å². The Kier molecular flexibility index (Phi) is 5.78. The van der Waals surface area contributed by atoms with Crippen LogP contribution >= 0.6 is 23.4 Å². The minimum absolute atomic E-state index is 0.149. The number of anilines is 1. The van der Waals surface area contributed by atoms with Crippen LogP contribution in [-0.2, 0) is 11.3 Å². The number of halogens is 1. The summed E-state index contributed by atoms with van der Waals surface area (Å²) in [7, 11) is 0. The lowest BCUT2D eigenvalue weighted by atomic mass is 10.3. The van der Waals surface area contributed by atoms with Crippen LogP contribution in [0.25, 0.3) is 11.6 Å². The predicted octanol–water partition coefficient (Wildman–Crippen LogP) is 4.33. The molecule has 6 nitrogen and oxygen atoms in total. The fourth-order valence-electron chi connectivity index (χ4n) is 2.29. The topological polar surface area (TPSA) is 73.0 Å². The highest BCUT2D eigenvalue weighted by Crippen LogP contribution is 2.25. The molecule has 0 unspecified atom stereocenters. The molecule has 0 aliphatic heterocycles. The van der Waals surface area contributed by atoms with Gasteiger partial charge in [-0.2, -0.15) is 0 Å². The molecule has 1 aromatic carbocycles. The van der Waals surface area contributed by atoms with E-state index in [0.717, 1.165) is 13.0 Å². The van der Waals surface area contributed by atoms with E-state index in [2.05, 4.69) is 22.4 Å². The molecule has 0 fully saturated rings. The second-order valence-corrected chi connectivity index (χ2v) is 6.60. The first-order valence-electron chi connectivity index (χ1n) is 7.83. The number of nitrogens with one attached hydrogen (secondary N) is 1. The first-order valence-corrected chi connectivity index (χ1v) is 9.19. The number of para-hydroxylation sites is 1. The summed E-state index contributed by atoms with van der Waals surface area (Å²) in [5.41, 5.74) is 0.598. The van der Waals surface area contributed by atoms with Gasteiger partial charge in [0.1, 0.15) is 0 Å². The highest BCUT2D eigenvalue weighted by Gasteiger charge is 2.17. The van der Waals surface area contributed by atoms with Gasteiger partial charge < -0.3 is 9.73 Å². The van der Waals surface area contributed by atoms with E-state index in [0.29, 0.717) is 27.5 Å². The van der Waals surface area contributed by atoms with E-state index in [1.807, 2.05) is 28.8 Å². The summed E-state index contributed by atoms with van der Waals surface area (Å²) < 4.78 is 7.38. The Morgan fingerprint density at radius 2 is 2.12 bits per heavy atom. The SMILES string of the molecule is CCCn1c(SCC(=O)Nc2ccccc2Cl)nnc1-c1ccco1. The van der Waals surface area contributed by atoms with Gasteiger partial charge in [-0.3, -0.25) is 9.36 Å². The Morgan fingerprint density at radius 3 is 2.84 bits per heavy atom. The van der Waals surface area contributed by atoms with Crippen molar-refractivity contribution in [2.75, 3.05) is 11.1 Å². The number of rotatable bonds is 7. The largest absolute Gasteiger partial charge is 0.461 e. The quantitative estimate of drug-likeness (QED) is 0.621. The average molecular weight is 377 g/mol. The molecule has 0 bridgehead atoms. The number of nitrogens with zero attached hydrogens (tertiary/aromatic N) is 3. The molecule has 0 aliphatic rings. The van der Waals surface area contributed by atoms with Crippen molar-refractivity contribution in [3.63, 3.8) is 0 Å². The molecule has 1 amide bonds. The van der Waals surface area contributed by atoms with Gasteiger partial charge in [0.05, 0.1) is 22.7 Å². The molecule has 0 atom stereocenters. The van der Waals surface area contributed by atoms with Crippen LogP contribution in [0.1, 0.15) is 13.3 Å². The van der Waals surface area contributed by atoms with Crippen molar-refractivity contribution in [1.29, 1.82) is 0 Å². The lowest BCUT2D eigenvalue weighted by molar-refractivity contribution is -0.113. The van der Waals surface area contributed by atoms with Crippen LogP contribution in [0.15, 0.2) is 52.2 Å². The monoisotopic (exact) mass is 376 g/mol. The molecule has 3 aromatic rings. The van der Waals surface area contributed by atoms with Gasteiger partial charge in [0, 0.05) is 6.54 Å². The number of benzene rings is 1. The molecule has 3 rings (SSSR count). The van der Waals surface area contributed by atoms with Crippen molar-refractivity contribution in [1.82, 2.24) is 14.8 Å². The number of carbonyl (C=O) groups is 1. The van der Waals surface area contributed by atoms with Crippen molar-refractivity contribution in [3.05, 3.63) is 47.7 Å². The van der Waals surface area contributed by atoms with E-state index in [4.69, 9.17) is 16.0 Å². The van der Waals surface area contributed by atoms with Crippen LogP contribution in [0.5, 0.6) is 0 Å². The van der Waals surface area contributed by atoms with Gasteiger partial charge in [-0.25, -0.2) is 0 Å². The number of hydrogen-bond acceptors (Lipinski definition) is 5. The van der Waals surface area contributed by atoms with Gasteiger partial charge in [0.2, 0.25) is 5.91 Å². The highest BCUT2D eigenvalue weighted by atomic mass is 35.5.